The molecule has 30 heavy (non-hydrogen) atoms. The highest BCUT2D eigenvalue weighted by Gasteiger charge is 2.43. The summed E-state index contributed by atoms with van der Waals surface area (Å²) in [5, 5.41) is 6.55. The third kappa shape index (κ3) is 3.72. The van der Waals surface area contributed by atoms with Crippen molar-refractivity contribution in [1.82, 2.24) is 5.32 Å². The van der Waals surface area contributed by atoms with Gasteiger partial charge >= 0.3 is 6.03 Å². The zero-order valence-electron chi connectivity index (χ0n) is 17.9. The maximum Gasteiger partial charge on any atom is 0.322 e. The third-order valence-electron chi connectivity index (χ3n) is 5.76. The van der Waals surface area contributed by atoms with Crippen LogP contribution in [0, 0.1) is 5.41 Å². The molecule has 0 spiro atoms. The van der Waals surface area contributed by atoms with Gasteiger partial charge in [-0.05, 0) is 36.0 Å². The highest BCUT2D eigenvalue weighted by molar-refractivity contribution is 6.06. The molecule has 1 aliphatic heterocycles. The first-order valence-corrected chi connectivity index (χ1v) is 10.7. The number of carbonyl (C=O) groups excluding carboxylic acids is 2. The van der Waals surface area contributed by atoms with Crippen LogP contribution in [-0.4, -0.2) is 18.4 Å². The van der Waals surface area contributed by atoms with E-state index in [1.807, 2.05) is 61.5 Å². The quantitative estimate of drug-likeness (QED) is 0.719. The van der Waals surface area contributed by atoms with Crippen molar-refractivity contribution in [2.75, 3.05) is 16.8 Å². The van der Waals surface area contributed by atoms with Gasteiger partial charge in [-0.2, -0.15) is 0 Å². The number of anilines is 2. The van der Waals surface area contributed by atoms with Crippen molar-refractivity contribution in [3.63, 3.8) is 0 Å². The van der Waals surface area contributed by atoms with Crippen LogP contribution < -0.4 is 15.5 Å². The fourth-order valence-corrected chi connectivity index (χ4v) is 4.48. The van der Waals surface area contributed by atoms with Crippen LogP contribution in [0.4, 0.5) is 16.2 Å². The minimum atomic E-state index is -0.474. The van der Waals surface area contributed by atoms with Crippen molar-refractivity contribution < 1.29 is 9.59 Å². The fourth-order valence-electron chi connectivity index (χ4n) is 4.48. The molecule has 2 amide bonds. The van der Waals surface area contributed by atoms with Crippen molar-refractivity contribution in [3.8, 4) is 0 Å². The lowest BCUT2D eigenvalue weighted by Gasteiger charge is -2.37. The van der Waals surface area contributed by atoms with Crippen LogP contribution in [0.2, 0.25) is 0 Å². The van der Waals surface area contributed by atoms with Crippen LogP contribution in [0.5, 0.6) is 0 Å². The van der Waals surface area contributed by atoms with Crippen LogP contribution in [0.1, 0.15) is 51.6 Å². The standard InChI is InChI=1S/C25H29N3O2/c1-4-14-26-24(30)28-20-13-9-8-12-18(20)27-19-15-25(2,3)16-21(29)22(19)23(28)17-10-6-5-7-11-17/h5-13,23,27H,4,14-16H2,1-3H3,(H,26,30). The number of rotatable bonds is 3. The highest BCUT2D eigenvalue weighted by Crippen LogP contribution is 2.48. The molecule has 1 atom stereocenters. The van der Waals surface area contributed by atoms with E-state index in [1.54, 1.807) is 4.90 Å². The number of fused-ring (bicyclic) bond motifs is 1. The summed E-state index contributed by atoms with van der Waals surface area (Å²) in [4.78, 5) is 28.6. The number of para-hydroxylation sites is 2. The van der Waals surface area contributed by atoms with Crippen LogP contribution in [0.3, 0.4) is 0 Å². The van der Waals surface area contributed by atoms with Crippen LogP contribution in [0.15, 0.2) is 65.9 Å². The Morgan fingerprint density at radius 3 is 2.53 bits per heavy atom. The van der Waals surface area contributed by atoms with E-state index in [-0.39, 0.29) is 17.2 Å². The molecule has 0 aromatic heterocycles. The normalized spacial score (nSPS) is 20.0. The van der Waals surface area contributed by atoms with Gasteiger partial charge in [0.05, 0.1) is 17.4 Å². The molecule has 1 heterocycles. The molecule has 0 bridgehead atoms. The summed E-state index contributed by atoms with van der Waals surface area (Å²) in [5.74, 6) is 0.101. The van der Waals surface area contributed by atoms with E-state index in [2.05, 4.69) is 24.5 Å². The van der Waals surface area contributed by atoms with Crippen LogP contribution in [0.25, 0.3) is 0 Å². The second-order valence-electron chi connectivity index (χ2n) is 8.89. The fraction of sp³-hybridized carbons (Fsp3) is 0.360. The Bertz CT molecular complexity index is 994. The number of amides is 2. The predicted molar refractivity (Wildman–Crippen MR) is 120 cm³/mol. The smallest absolute Gasteiger partial charge is 0.322 e. The van der Waals surface area contributed by atoms with Gasteiger partial charge in [-0.3, -0.25) is 9.69 Å². The summed E-state index contributed by atoms with van der Waals surface area (Å²) in [6.45, 7) is 6.85. The molecule has 0 saturated carbocycles. The van der Waals surface area contributed by atoms with Crippen molar-refractivity contribution in [2.45, 2.75) is 46.1 Å². The molecular weight excluding hydrogens is 374 g/mol. The third-order valence-corrected chi connectivity index (χ3v) is 5.76. The number of urea groups is 1. The van der Waals surface area contributed by atoms with Crippen molar-refractivity contribution in [3.05, 3.63) is 71.4 Å². The molecule has 0 saturated heterocycles. The highest BCUT2D eigenvalue weighted by atomic mass is 16.2. The van der Waals surface area contributed by atoms with Gasteiger partial charge in [0.2, 0.25) is 0 Å². The predicted octanol–water partition coefficient (Wildman–Crippen LogP) is 5.42. The molecule has 156 valence electrons. The van der Waals surface area contributed by atoms with E-state index in [0.29, 0.717) is 18.5 Å². The molecule has 0 radical (unpaired) electrons. The van der Waals surface area contributed by atoms with Crippen molar-refractivity contribution in [2.24, 2.45) is 5.41 Å². The number of benzene rings is 2. The van der Waals surface area contributed by atoms with Crippen LogP contribution in [-0.2, 0) is 4.79 Å². The van der Waals surface area contributed by atoms with E-state index in [4.69, 9.17) is 0 Å². The summed E-state index contributed by atoms with van der Waals surface area (Å²) >= 11 is 0. The number of Topliss-reactive ketones (excluding diaryl/α,β-unsaturated/α-hetero) is 1. The summed E-state index contributed by atoms with van der Waals surface area (Å²) in [6.07, 6.45) is 2.07. The number of nitrogens with zero attached hydrogens (tertiary/aromatic N) is 1. The molecule has 1 aliphatic carbocycles. The first-order valence-electron chi connectivity index (χ1n) is 10.7. The largest absolute Gasteiger partial charge is 0.357 e. The summed E-state index contributed by atoms with van der Waals surface area (Å²) in [6, 6.07) is 17.0. The lowest BCUT2D eigenvalue weighted by atomic mass is 9.73. The Morgan fingerprint density at radius 1 is 1.10 bits per heavy atom. The molecule has 5 nitrogen and oxygen atoms in total. The van der Waals surface area contributed by atoms with Gasteiger partial charge in [-0.15, -0.1) is 0 Å². The number of carbonyl (C=O) groups is 2. The Morgan fingerprint density at radius 2 is 1.80 bits per heavy atom. The number of ketones is 1. The Hall–Kier alpha value is -3.08. The van der Waals surface area contributed by atoms with E-state index in [0.717, 1.165) is 35.5 Å². The van der Waals surface area contributed by atoms with E-state index >= 15 is 0 Å². The van der Waals surface area contributed by atoms with E-state index in [9.17, 15) is 9.59 Å². The van der Waals surface area contributed by atoms with Crippen molar-refractivity contribution >= 4 is 23.2 Å². The molecule has 4 rings (SSSR count). The molecule has 5 heteroatoms. The molecule has 1 unspecified atom stereocenters. The summed E-state index contributed by atoms with van der Waals surface area (Å²) in [5.41, 5.74) is 4.05. The minimum Gasteiger partial charge on any atom is -0.357 e. The SMILES string of the molecule is CCCNC(=O)N1c2ccccc2NC2=C(C(=O)CC(C)(C)C2)C1c1ccccc1. The van der Waals surface area contributed by atoms with Gasteiger partial charge in [-0.25, -0.2) is 4.79 Å². The maximum atomic E-state index is 13.5. The summed E-state index contributed by atoms with van der Waals surface area (Å²) in [7, 11) is 0. The Balaban J connectivity index is 1.95. The van der Waals surface area contributed by atoms with Gasteiger partial charge in [-0.1, -0.05) is 63.2 Å². The van der Waals surface area contributed by atoms with Gasteiger partial charge in [0.1, 0.15) is 0 Å². The zero-order chi connectivity index (χ0) is 21.3. The lowest BCUT2D eigenvalue weighted by Crippen LogP contribution is -2.45. The van der Waals surface area contributed by atoms with Crippen molar-refractivity contribution in [1.29, 1.82) is 0 Å². The molecule has 2 aromatic rings. The molecule has 2 N–H and O–H groups in total. The average molecular weight is 404 g/mol. The summed E-state index contributed by atoms with van der Waals surface area (Å²) < 4.78 is 0. The van der Waals surface area contributed by atoms with Gasteiger partial charge in [0, 0.05) is 24.2 Å². The lowest BCUT2D eigenvalue weighted by molar-refractivity contribution is -0.118. The number of allylic oxidation sites excluding steroid dienone is 1. The molecule has 0 fully saturated rings. The molecular formula is C25H29N3O2. The Kier molecular flexibility index (Phi) is 5.37. The van der Waals surface area contributed by atoms with E-state index in [1.165, 1.54) is 0 Å². The number of nitrogens with one attached hydrogen (secondary N) is 2. The number of hydrogen-bond acceptors (Lipinski definition) is 3. The first kappa shape index (κ1) is 20.2. The monoisotopic (exact) mass is 403 g/mol. The minimum absolute atomic E-state index is 0.101. The van der Waals surface area contributed by atoms with Gasteiger partial charge in [0.15, 0.2) is 5.78 Å². The van der Waals surface area contributed by atoms with Gasteiger partial charge in [0.25, 0.3) is 0 Å². The number of hydrogen-bond donors (Lipinski definition) is 2. The maximum absolute atomic E-state index is 13.5. The first-order chi connectivity index (χ1) is 14.4. The second kappa shape index (κ2) is 7.98. The molecule has 2 aromatic carbocycles. The topological polar surface area (TPSA) is 61.4 Å². The zero-order valence-corrected chi connectivity index (χ0v) is 17.9. The second-order valence-corrected chi connectivity index (χ2v) is 8.89. The molecule has 2 aliphatic rings. The van der Waals surface area contributed by atoms with E-state index < -0.39 is 6.04 Å². The van der Waals surface area contributed by atoms with Crippen LogP contribution >= 0.6 is 0 Å². The average Bonchev–Trinajstić information content (AvgIpc) is 2.86. The Labute approximate surface area is 178 Å². The van der Waals surface area contributed by atoms with Gasteiger partial charge < -0.3 is 10.6 Å².